The molecule has 0 unspecified atom stereocenters. The second kappa shape index (κ2) is 36.0. The Balaban J connectivity index is 0.000000115. The van der Waals surface area contributed by atoms with Crippen molar-refractivity contribution in [1.82, 2.24) is 61.9 Å². The third-order valence-corrected chi connectivity index (χ3v) is 25.7. The number of fused-ring (bicyclic) bond motifs is 21. The molecule has 13 aromatic heterocycles. The van der Waals surface area contributed by atoms with Crippen LogP contribution in [-0.2, 0) is 61.3 Å². The summed E-state index contributed by atoms with van der Waals surface area (Å²) in [6, 6.07) is 163. The second-order valence-corrected chi connectivity index (χ2v) is 33.3. The van der Waals surface area contributed by atoms with Crippen molar-refractivity contribution in [1.29, 1.82) is 0 Å². The normalized spacial score (nSPS) is 11.4. The van der Waals surface area contributed by atoms with E-state index in [0.29, 0.717) is 0 Å². The number of rotatable bonds is 13. The van der Waals surface area contributed by atoms with E-state index in [1.54, 1.807) is 0 Å². The molecule has 0 aliphatic heterocycles. The summed E-state index contributed by atoms with van der Waals surface area (Å²) >= 11 is 0. The van der Waals surface area contributed by atoms with Crippen molar-refractivity contribution in [3.8, 4) is 40.3 Å². The molecule has 0 aliphatic carbocycles. The molecule has 15 aromatic carbocycles. The van der Waals surface area contributed by atoms with Crippen LogP contribution in [0.25, 0.3) is 193 Å². The molecule has 658 valence electrons. The predicted molar refractivity (Wildman–Crippen MR) is 549 cm³/mol. The minimum Gasteiger partial charge on any atom is -0.358 e. The molecule has 0 amide bonds. The summed E-state index contributed by atoms with van der Waals surface area (Å²) < 4.78 is 15.5. The molecule has 0 bridgehead atoms. The molecule has 18 heteroatoms. The number of benzene rings is 15. The second-order valence-electron chi connectivity index (χ2n) is 33.3. The fourth-order valence-corrected chi connectivity index (χ4v) is 20.0. The third-order valence-electron chi connectivity index (χ3n) is 25.7. The summed E-state index contributed by atoms with van der Waals surface area (Å²) in [7, 11) is 0. The summed E-state index contributed by atoms with van der Waals surface area (Å²) in [5, 5.41) is 16.1. The van der Waals surface area contributed by atoms with Gasteiger partial charge in [-0.05, 0) is 166 Å². The van der Waals surface area contributed by atoms with Crippen molar-refractivity contribution >= 4 is 187 Å². The van der Waals surface area contributed by atoms with Crippen molar-refractivity contribution in [2.24, 2.45) is 0 Å². The maximum absolute atomic E-state index is 4.79. The Morgan fingerprint density at radius 3 is 0.797 bits per heavy atom. The molecule has 138 heavy (non-hydrogen) atoms. The van der Waals surface area contributed by atoms with Gasteiger partial charge in [-0.3, -0.25) is 0 Å². The quantitative estimate of drug-likeness (QED) is 0.0827. The van der Waals surface area contributed by atoms with Gasteiger partial charge in [-0.25, -0.2) is 29.9 Å². The standard InChI is InChI=1S/C40H23N5.2C40H25N5.3Pd/c1-5-15-34-27(11-1)30-20-19-26(23-36(30)44(34)39-17-7-9-21-41-39)43-33-14-4-2-12-28(33)31-24-32-29-13-3-6-16-35(29)45(38(32)25-37(31)43)40-18-8-10-22-42-40;1-2-12-28(13-3-1)43(29-14-8-16-31(26-29)44-37-22-6-4-18-33(37)35-20-10-24-41-39(35)44)30-15-9-17-32(27-30)45-38-23-7-5-19-34(38)36-21-11-25-42-40(36)45;1-2-12-28(13-3-1)43(29-20-22-33-31-14-4-6-16-35(31)44(37(33)26-29)39-18-8-10-24-41-39)30-21-23-34-32-15-5-7-17-36(32)45(38(34)27-30)40-19-9-11-25-42-40;;;/h1-22,24H;2*1-25H;;;/q3*-2;3*+2. The van der Waals surface area contributed by atoms with Crippen LogP contribution in [0.5, 0.6) is 0 Å². The number of anilines is 6. The summed E-state index contributed by atoms with van der Waals surface area (Å²) in [6.45, 7) is 0. The van der Waals surface area contributed by atoms with Crippen molar-refractivity contribution in [2.45, 2.75) is 0 Å². The van der Waals surface area contributed by atoms with Gasteiger partial charge in [0.25, 0.3) is 0 Å². The Morgan fingerprint density at radius 1 is 0.167 bits per heavy atom. The first-order valence-electron chi connectivity index (χ1n) is 44.9. The van der Waals surface area contributed by atoms with Crippen LogP contribution in [0.4, 0.5) is 34.1 Å². The number of pyridine rings is 6. The first kappa shape index (κ1) is 85.6. The van der Waals surface area contributed by atoms with Crippen LogP contribution >= 0.6 is 0 Å². The average molecular weight is 2040 g/mol. The van der Waals surface area contributed by atoms with Crippen LogP contribution < -0.4 is 9.80 Å². The van der Waals surface area contributed by atoms with Crippen LogP contribution in [0.3, 0.4) is 0 Å². The van der Waals surface area contributed by atoms with E-state index in [-0.39, 0.29) is 61.3 Å². The van der Waals surface area contributed by atoms with Crippen LogP contribution in [0.15, 0.2) is 444 Å². The molecule has 0 saturated carbocycles. The Morgan fingerprint density at radius 2 is 0.435 bits per heavy atom. The molecule has 0 atom stereocenters. The van der Waals surface area contributed by atoms with E-state index in [0.717, 1.165) is 190 Å². The maximum Gasteiger partial charge on any atom is 2.00 e. The number of hydrogen-bond donors (Lipinski definition) is 0. The fourth-order valence-electron chi connectivity index (χ4n) is 20.0. The monoisotopic (exact) mass is 2040 g/mol. The molecule has 0 saturated heterocycles. The van der Waals surface area contributed by atoms with Crippen molar-refractivity contribution in [3.05, 3.63) is 480 Å². The zero-order valence-electron chi connectivity index (χ0n) is 73.3. The summed E-state index contributed by atoms with van der Waals surface area (Å²) in [6.07, 6.45) is 11.1. The first-order valence-corrected chi connectivity index (χ1v) is 44.9. The summed E-state index contributed by atoms with van der Waals surface area (Å²) in [5.74, 6) is 3.45. The van der Waals surface area contributed by atoms with Gasteiger partial charge in [0, 0.05) is 97.7 Å². The van der Waals surface area contributed by atoms with Gasteiger partial charge < -0.3 is 41.8 Å². The van der Waals surface area contributed by atoms with Gasteiger partial charge in [-0.1, -0.05) is 255 Å². The zero-order chi connectivity index (χ0) is 89.0. The van der Waals surface area contributed by atoms with E-state index in [4.69, 9.17) is 29.9 Å². The molecule has 13 heterocycles. The van der Waals surface area contributed by atoms with Gasteiger partial charge in [0.1, 0.15) is 34.6 Å². The largest absolute Gasteiger partial charge is 2.00 e. The Labute approximate surface area is 833 Å². The molecule has 15 nitrogen and oxygen atoms in total. The summed E-state index contributed by atoms with van der Waals surface area (Å²) in [5.41, 5.74) is 22.9. The Kier molecular flexibility index (Phi) is 22.3. The smallest absolute Gasteiger partial charge is 0.358 e. The van der Waals surface area contributed by atoms with Gasteiger partial charge in [0.2, 0.25) is 0 Å². The maximum atomic E-state index is 4.79. The minimum absolute atomic E-state index is 0. The average Bonchev–Trinajstić information content (AvgIpc) is 1.55. The topological polar surface area (TPSA) is 118 Å². The molecule has 0 radical (unpaired) electrons. The zero-order valence-corrected chi connectivity index (χ0v) is 78.0. The molecule has 0 fully saturated rings. The van der Waals surface area contributed by atoms with Crippen molar-refractivity contribution < 1.29 is 61.3 Å². The third kappa shape index (κ3) is 14.4. The first-order chi connectivity index (χ1) is 67.0. The van der Waals surface area contributed by atoms with Crippen LogP contribution in [0.2, 0.25) is 0 Å². The van der Waals surface area contributed by atoms with Gasteiger partial charge in [-0.15, -0.1) is 106 Å². The van der Waals surface area contributed by atoms with E-state index in [2.05, 4.69) is 394 Å². The summed E-state index contributed by atoms with van der Waals surface area (Å²) in [4.78, 5) is 32.9. The Bertz CT molecular complexity index is 9060. The molecular weight excluding hydrogens is 1970 g/mol. The van der Waals surface area contributed by atoms with Crippen molar-refractivity contribution in [3.63, 3.8) is 0 Å². The molecular formula is C120H73N15Pd3. The van der Waals surface area contributed by atoms with E-state index in [1.165, 1.54) is 37.7 Å². The molecule has 0 N–H and O–H groups in total. The molecule has 0 aliphatic rings. The van der Waals surface area contributed by atoms with Gasteiger partial charge in [-0.2, -0.15) is 36.4 Å². The van der Waals surface area contributed by atoms with Crippen LogP contribution in [0, 0.1) is 36.4 Å². The van der Waals surface area contributed by atoms with Crippen molar-refractivity contribution in [2.75, 3.05) is 9.80 Å². The number of nitrogens with zero attached hydrogens (tertiary/aromatic N) is 15. The van der Waals surface area contributed by atoms with E-state index in [9.17, 15) is 0 Å². The minimum atomic E-state index is 0. The SMILES string of the molecule is [Pd+2].[Pd+2].[Pd+2].[c-]1c(-n2c3[c-]c4c(cc3c3ccccc32)c2ccccc2n4-c2ccccn2)ccc2c3ccccc3n(-c3ccccn3)c12.[c-]1c(N(c2[c-]c(-n3c4ccccc4c4cccnc43)ccc2)c2ccccc2)cccc1-n1c2ccccc2c2cccnc21.[c-]1c(N(c2[c-]c3c(cc2)c2ccccc2n3-c2ccccn2)c2ccccc2)ccc2c3ccccc3n(-c3ccccn3)c12. The molecule has 28 aromatic rings. The predicted octanol–water partition coefficient (Wildman–Crippen LogP) is 28.8. The Hall–Kier alpha value is -16.6. The van der Waals surface area contributed by atoms with Gasteiger partial charge in [0.05, 0.1) is 11.0 Å². The van der Waals surface area contributed by atoms with E-state index >= 15 is 0 Å². The number of para-hydroxylation sites is 9. The fraction of sp³-hybridized carbons (Fsp3) is 0. The van der Waals surface area contributed by atoms with Crippen LogP contribution in [-0.4, -0.2) is 61.9 Å². The number of hydrogen-bond acceptors (Lipinski definition) is 8. The van der Waals surface area contributed by atoms with Crippen LogP contribution in [0.1, 0.15) is 0 Å². The van der Waals surface area contributed by atoms with E-state index < -0.39 is 0 Å². The van der Waals surface area contributed by atoms with Gasteiger partial charge >= 0.3 is 61.3 Å². The van der Waals surface area contributed by atoms with Gasteiger partial charge in [0.15, 0.2) is 0 Å². The van der Waals surface area contributed by atoms with E-state index in [1.807, 2.05) is 128 Å². The molecule has 0 spiro atoms. The molecule has 28 rings (SSSR count). The number of aromatic nitrogens is 13.